The molecule has 0 spiro atoms. The predicted molar refractivity (Wildman–Crippen MR) is 293 cm³/mol. The molecule has 1 aliphatic rings. The fourth-order valence-corrected chi connectivity index (χ4v) is 8.11. The van der Waals surface area contributed by atoms with Gasteiger partial charge in [-0.15, -0.1) is 0 Å². The van der Waals surface area contributed by atoms with Gasteiger partial charge in [0.05, 0.1) is 18.8 Å². The zero-order chi connectivity index (χ0) is 63.3. The van der Waals surface area contributed by atoms with Crippen LogP contribution < -0.4 is 82.7 Å². The second-order valence-electron chi connectivity index (χ2n) is 19.8. The number of carboxylic acid groups (broad SMARTS) is 2. The van der Waals surface area contributed by atoms with Gasteiger partial charge in [-0.05, 0) is 77.6 Å². The summed E-state index contributed by atoms with van der Waals surface area (Å²) >= 11 is 0. The predicted octanol–water partition coefficient (Wildman–Crippen LogP) is -8.79. The van der Waals surface area contributed by atoms with Crippen molar-refractivity contribution in [2.45, 2.75) is 178 Å². The number of carbonyl (C=O) groups is 13. The number of aliphatic imine (C=N–C) groups is 2. The molecule has 26 N–H and O–H groups in total. The van der Waals surface area contributed by atoms with Crippen molar-refractivity contribution in [3.05, 3.63) is 0 Å². The standard InChI is InChI=1S/C48H84N18O17/c1-5-22(2)35(43(79)61-28(14-17-34(71)72)45(81)66-20-8-11-31(66)42(78)60-27(12-15-32(50)69)40(76)62-29(46(82)83)13-16-33(51)70)64-44(80)36(24(4)68)65-41(77)30(21-67)63-37(73)23(3)58-39(75)26(10-7-19-57-48(54)55)59-38(74)25(49)9-6-18-56-47(52)53/h22-31,35-36,67-68H,5-21,49H2,1-4H3,(H2,50,69)(H2,51,70)(H,58,75)(H,59,74)(H,60,78)(H,61,79)(H,62,76)(H,63,73)(H,64,80)(H,65,77)(H,71,72)(H,82,83)(H4,52,53,56)(H4,54,55,57)/t22-,23-,24+,25-,26-,27-,28-,29-,30-,31-,35-,36-/m0/s1. The molecule has 0 aromatic rings. The summed E-state index contributed by atoms with van der Waals surface area (Å²) in [5.74, 6) is -14.9. The van der Waals surface area contributed by atoms with Crippen LogP contribution in [0.25, 0.3) is 0 Å². The Kier molecular flexibility index (Phi) is 32.2. The van der Waals surface area contributed by atoms with Crippen molar-refractivity contribution in [3.63, 3.8) is 0 Å². The number of rotatable bonds is 39. The Balaban J connectivity index is 3.32. The first-order chi connectivity index (χ1) is 38.8. The van der Waals surface area contributed by atoms with E-state index in [4.69, 9.17) is 40.1 Å². The number of nitrogens with two attached hydrogens (primary N) is 7. The third kappa shape index (κ3) is 26.8. The quantitative estimate of drug-likeness (QED) is 0.0154. The van der Waals surface area contributed by atoms with E-state index in [1.165, 1.54) is 13.8 Å². The Morgan fingerprint density at radius 3 is 1.54 bits per heavy atom. The zero-order valence-corrected chi connectivity index (χ0v) is 46.9. The largest absolute Gasteiger partial charge is 0.481 e. The van der Waals surface area contributed by atoms with Gasteiger partial charge in [-0.3, -0.25) is 67.5 Å². The molecule has 12 atom stereocenters. The lowest BCUT2D eigenvalue weighted by Gasteiger charge is -2.32. The van der Waals surface area contributed by atoms with Gasteiger partial charge in [0.15, 0.2) is 11.9 Å². The highest BCUT2D eigenvalue weighted by molar-refractivity contribution is 5.99. The van der Waals surface area contributed by atoms with E-state index in [2.05, 4.69) is 52.5 Å². The zero-order valence-electron chi connectivity index (χ0n) is 46.9. The first-order valence-electron chi connectivity index (χ1n) is 26.7. The van der Waals surface area contributed by atoms with E-state index in [0.29, 0.717) is 6.42 Å². The third-order valence-corrected chi connectivity index (χ3v) is 13.0. The Morgan fingerprint density at radius 1 is 0.554 bits per heavy atom. The van der Waals surface area contributed by atoms with Crippen LogP contribution in [-0.4, -0.2) is 207 Å². The number of aliphatic hydroxyl groups excluding tert-OH is 2. The molecule has 0 bridgehead atoms. The van der Waals surface area contributed by atoms with E-state index in [9.17, 15) is 82.8 Å². The molecule has 0 aliphatic carbocycles. The van der Waals surface area contributed by atoms with Gasteiger partial charge in [-0.25, -0.2) is 4.79 Å². The molecule has 35 heteroatoms. The van der Waals surface area contributed by atoms with Crippen molar-refractivity contribution in [3.8, 4) is 0 Å². The molecular formula is C48H84N18O17. The van der Waals surface area contributed by atoms with E-state index < -0.39 is 194 Å². The molecule has 0 aromatic heterocycles. The molecule has 1 rings (SSSR count). The van der Waals surface area contributed by atoms with Gasteiger partial charge in [0.1, 0.15) is 54.4 Å². The number of likely N-dealkylation sites (tertiary alicyclic amines) is 1. The van der Waals surface area contributed by atoms with Gasteiger partial charge in [-0.2, -0.15) is 0 Å². The molecule has 1 heterocycles. The van der Waals surface area contributed by atoms with Crippen molar-refractivity contribution < 1.29 is 82.8 Å². The van der Waals surface area contributed by atoms with Crippen molar-refractivity contribution in [1.29, 1.82) is 0 Å². The number of carboxylic acids is 2. The van der Waals surface area contributed by atoms with Crippen LogP contribution in [0.4, 0.5) is 0 Å². The Bertz CT molecular complexity index is 2350. The van der Waals surface area contributed by atoms with Gasteiger partial charge in [0.25, 0.3) is 0 Å². The number of hydrogen-bond donors (Lipinski definition) is 19. The maximum atomic E-state index is 14.3. The SMILES string of the molecule is CC[C@H](C)[C@H](NC(=O)[C@@H](NC(=O)[C@H](CO)NC(=O)[C@H](C)NC(=O)[C@H](CCCN=C(N)N)NC(=O)[C@@H](N)CCCN=C(N)N)[C@@H](C)O)C(=O)N[C@@H](CCC(=O)O)C(=O)N1CCC[C@H]1C(=O)N[C@@H](CCC(N)=O)C(=O)N[C@@H](CCC(N)=O)C(=O)O. The Labute approximate surface area is 477 Å². The number of guanidine groups is 2. The number of nitrogens with zero attached hydrogens (tertiary/aromatic N) is 3. The first-order valence-corrected chi connectivity index (χ1v) is 26.7. The summed E-state index contributed by atoms with van der Waals surface area (Å²) in [7, 11) is 0. The Morgan fingerprint density at radius 2 is 1.02 bits per heavy atom. The van der Waals surface area contributed by atoms with Gasteiger partial charge in [-0.1, -0.05) is 20.3 Å². The molecule has 0 unspecified atom stereocenters. The van der Waals surface area contributed by atoms with Crippen LogP contribution >= 0.6 is 0 Å². The number of hydrogen-bond acceptors (Lipinski definition) is 18. The summed E-state index contributed by atoms with van der Waals surface area (Å²) < 4.78 is 0. The molecule has 11 amide bonds. The average molecular weight is 1190 g/mol. The highest BCUT2D eigenvalue weighted by Crippen LogP contribution is 2.21. The fraction of sp³-hybridized carbons (Fsp3) is 0.688. The van der Waals surface area contributed by atoms with Crippen LogP contribution in [-0.2, 0) is 62.3 Å². The minimum absolute atomic E-state index is 0.0152. The second-order valence-corrected chi connectivity index (χ2v) is 19.8. The van der Waals surface area contributed by atoms with Gasteiger partial charge in [0.2, 0.25) is 65.0 Å². The third-order valence-electron chi connectivity index (χ3n) is 13.0. The first kappa shape index (κ1) is 72.5. The summed E-state index contributed by atoms with van der Waals surface area (Å²) in [6.45, 7) is 4.50. The lowest BCUT2D eigenvalue weighted by molar-refractivity contribution is -0.144. The number of aliphatic hydroxyl groups is 2. The summed E-state index contributed by atoms with van der Waals surface area (Å²) in [4.78, 5) is 178. The monoisotopic (exact) mass is 1180 g/mol. The van der Waals surface area contributed by atoms with Crippen LogP contribution in [0.2, 0.25) is 0 Å². The van der Waals surface area contributed by atoms with Crippen LogP contribution in [0.5, 0.6) is 0 Å². The van der Waals surface area contributed by atoms with Gasteiger partial charge < -0.3 is 108 Å². The normalized spacial score (nSPS) is 16.8. The van der Waals surface area contributed by atoms with E-state index in [-0.39, 0.29) is 70.1 Å². The van der Waals surface area contributed by atoms with E-state index in [1.54, 1.807) is 6.92 Å². The molecule has 1 fully saturated rings. The maximum absolute atomic E-state index is 14.3. The van der Waals surface area contributed by atoms with Crippen LogP contribution in [0, 0.1) is 5.92 Å². The highest BCUT2D eigenvalue weighted by Gasteiger charge is 2.41. The minimum atomic E-state index is -1.89. The number of aliphatic carboxylic acids is 2. The summed E-state index contributed by atoms with van der Waals surface area (Å²) in [5, 5.41) is 58.9. The molecule has 0 aromatic carbocycles. The van der Waals surface area contributed by atoms with Crippen molar-refractivity contribution in [1.82, 2.24) is 47.4 Å². The lowest BCUT2D eigenvalue weighted by atomic mass is 9.96. The number of carbonyl (C=O) groups excluding carboxylic acids is 11. The smallest absolute Gasteiger partial charge is 0.326 e. The fourth-order valence-electron chi connectivity index (χ4n) is 8.11. The van der Waals surface area contributed by atoms with Crippen LogP contribution in [0.3, 0.4) is 0 Å². The molecular weight excluding hydrogens is 1100 g/mol. The Hall–Kier alpha value is -8.47. The number of primary amides is 2. The number of nitrogens with one attached hydrogen (secondary N) is 8. The maximum Gasteiger partial charge on any atom is 0.326 e. The molecule has 468 valence electrons. The lowest BCUT2D eigenvalue weighted by Crippen LogP contribution is -2.63. The van der Waals surface area contributed by atoms with E-state index in [1.807, 2.05) is 0 Å². The molecule has 1 saturated heterocycles. The van der Waals surface area contributed by atoms with Gasteiger partial charge >= 0.3 is 11.9 Å². The summed E-state index contributed by atoms with van der Waals surface area (Å²) in [5.41, 5.74) is 37.8. The molecule has 0 saturated carbocycles. The van der Waals surface area contributed by atoms with E-state index >= 15 is 0 Å². The topological polar surface area (TPSA) is 609 Å². The van der Waals surface area contributed by atoms with Crippen molar-refractivity contribution in [2.24, 2.45) is 56.0 Å². The highest BCUT2D eigenvalue weighted by atomic mass is 16.4. The molecule has 1 aliphatic heterocycles. The summed E-state index contributed by atoms with van der Waals surface area (Å²) in [6, 6.07) is -15.3. The van der Waals surface area contributed by atoms with Crippen LogP contribution in [0.15, 0.2) is 9.98 Å². The molecule has 0 radical (unpaired) electrons. The van der Waals surface area contributed by atoms with Crippen molar-refractivity contribution in [2.75, 3.05) is 26.2 Å². The average Bonchev–Trinajstić information content (AvgIpc) is 4.14. The van der Waals surface area contributed by atoms with E-state index in [0.717, 1.165) is 11.8 Å². The molecule has 83 heavy (non-hydrogen) atoms. The summed E-state index contributed by atoms with van der Waals surface area (Å²) in [6.07, 6.45) is -3.73. The second kappa shape index (κ2) is 36.8. The van der Waals surface area contributed by atoms with Gasteiger partial charge in [0, 0.05) is 38.9 Å². The van der Waals surface area contributed by atoms with Crippen molar-refractivity contribution >= 4 is 88.8 Å². The minimum Gasteiger partial charge on any atom is -0.481 e. The molecule has 35 nitrogen and oxygen atoms in total. The van der Waals surface area contributed by atoms with Crippen LogP contribution in [0.1, 0.15) is 111 Å². The number of amides is 11.